The molecule has 0 aliphatic carbocycles. The summed E-state index contributed by atoms with van der Waals surface area (Å²) in [4.78, 5) is 11.3. The number of nitrogens with two attached hydrogens (primary N) is 1. The minimum atomic E-state index is -0.926. The minimum absolute atomic E-state index is 0.212. The van der Waals surface area contributed by atoms with E-state index in [0.717, 1.165) is 0 Å². The van der Waals surface area contributed by atoms with Crippen molar-refractivity contribution in [1.29, 1.82) is 0 Å². The third kappa shape index (κ3) is 3.30. The van der Waals surface area contributed by atoms with Gasteiger partial charge in [-0.15, -0.1) is 0 Å². The summed E-state index contributed by atoms with van der Waals surface area (Å²) in [5, 5.41) is 12.0. The molecule has 0 aliphatic rings. The number of nitrogens with one attached hydrogen (secondary N) is 1. The van der Waals surface area contributed by atoms with E-state index in [1.807, 2.05) is 0 Å². The lowest BCUT2D eigenvalue weighted by Gasteiger charge is -2.25. The molecule has 0 saturated carbocycles. The van der Waals surface area contributed by atoms with Crippen LogP contribution in [-0.4, -0.2) is 35.6 Å². The Morgan fingerprint density at radius 1 is 1.67 bits per heavy atom. The van der Waals surface area contributed by atoms with Gasteiger partial charge in [-0.3, -0.25) is 4.79 Å². The van der Waals surface area contributed by atoms with Gasteiger partial charge in [0.1, 0.15) is 6.10 Å². The van der Waals surface area contributed by atoms with Gasteiger partial charge < -0.3 is 16.2 Å². The summed E-state index contributed by atoms with van der Waals surface area (Å²) in [7, 11) is 0. The summed E-state index contributed by atoms with van der Waals surface area (Å²) in [6.07, 6.45) is -0.926. The first-order chi connectivity index (χ1) is 5.41. The number of carbonyl (C=O) groups excluding carboxylic acids is 1. The van der Waals surface area contributed by atoms with Gasteiger partial charge >= 0.3 is 0 Å². The summed E-state index contributed by atoms with van der Waals surface area (Å²) < 4.78 is 0. The van der Waals surface area contributed by atoms with Gasteiger partial charge in [-0.25, -0.2) is 0 Å². The zero-order valence-electron chi connectivity index (χ0n) is 7.92. The lowest BCUT2D eigenvalue weighted by atomic mass is 9.95. The normalized spacial score (nSPS) is 14.4. The van der Waals surface area contributed by atoms with Crippen molar-refractivity contribution < 1.29 is 9.90 Å². The molecule has 4 nitrogen and oxygen atoms in total. The number of rotatable bonds is 5. The first-order valence-corrected chi connectivity index (χ1v) is 4.09. The van der Waals surface area contributed by atoms with Crippen LogP contribution in [0.2, 0.25) is 0 Å². The first-order valence-electron chi connectivity index (χ1n) is 4.09. The van der Waals surface area contributed by atoms with Crippen molar-refractivity contribution in [2.75, 3.05) is 13.1 Å². The molecule has 0 bridgehead atoms. The summed E-state index contributed by atoms with van der Waals surface area (Å²) in [5.41, 5.74) is 4.59. The monoisotopic (exact) mass is 174 g/mol. The fraction of sp³-hybridized carbons (Fsp3) is 0.875. The van der Waals surface area contributed by atoms with Gasteiger partial charge in [0.2, 0.25) is 0 Å². The molecular formula is C8H18N2O2. The molecule has 12 heavy (non-hydrogen) atoms. The van der Waals surface area contributed by atoms with Gasteiger partial charge in [0.05, 0.1) is 5.54 Å². The van der Waals surface area contributed by atoms with E-state index in [9.17, 15) is 4.79 Å². The third-order valence-electron chi connectivity index (χ3n) is 1.71. The maximum absolute atomic E-state index is 11.3. The van der Waals surface area contributed by atoms with Crippen LogP contribution in [0, 0.1) is 0 Å². The van der Waals surface area contributed by atoms with Crippen LogP contribution >= 0.6 is 0 Å². The van der Waals surface area contributed by atoms with E-state index in [-0.39, 0.29) is 5.78 Å². The fourth-order valence-electron chi connectivity index (χ4n) is 0.994. The van der Waals surface area contributed by atoms with Crippen molar-refractivity contribution in [2.45, 2.75) is 32.4 Å². The van der Waals surface area contributed by atoms with Gasteiger partial charge in [-0.1, -0.05) is 0 Å². The molecule has 0 aromatic carbocycles. The molecule has 0 heterocycles. The summed E-state index contributed by atoms with van der Waals surface area (Å²) in [5.74, 6) is -0.212. The Balaban J connectivity index is 4.09. The Morgan fingerprint density at radius 2 is 2.17 bits per heavy atom. The largest absolute Gasteiger partial charge is 0.386 e. The first kappa shape index (κ1) is 11.6. The number of carbonyl (C=O) groups is 1. The molecular weight excluding hydrogens is 156 g/mol. The number of hydrogen-bond donors (Lipinski definition) is 3. The molecule has 0 rings (SSSR count). The van der Waals surface area contributed by atoms with E-state index in [2.05, 4.69) is 5.32 Å². The second kappa shape index (κ2) is 4.54. The highest BCUT2D eigenvalue weighted by atomic mass is 16.3. The minimum Gasteiger partial charge on any atom is -0.386 e. The predicted octanol–water partition coefficient (Wildman–Crippen LogP) is -0.737. The Bertz CT molecular complexity index is 155. The Hall–Kier alpha value is -0.450. The molecule has 0 aromatic rings. The van der Waals surface area contributed by atoms with Crippen LogP contribution in [0.25, 0.3) is 0 Å². The second-order valence-electron chi connectivity index (χ2n) is 3.38. The standard InChI is InChI=1S/C8H18N2O2/c1-6(11)7(12)8(2,3)10-5-4-9/h6,10-11H,4-5,9H2,1-3H3/t6-/m0/s1. The Kier molecular flexibility index (Phi) is 4.37. The van der Waals surface area contributed by atoms with Crippen molar-refractivity contribution in [3.05, 3.63) is 0 Å². The molecule has 0 saturated heterocycles. The van der Waals surface area contributed by atoms with Gasteiger partial charge in [0.15, 0.2) is 5.78 Å². The molecule has 4 heteroatoms. The summed E-state index contributed by atoms with van der Waals surface area (Å²) in [6.45, 7) is 5.99. The molecule has 4 N–H and O–H groups in total. The highest BCUT2D eigenvalue weighted by molar-refractivity contribution is 5.90. The topological polar surface area (TPSA) is 75.3 Å². The van der Waals surface area contributed by atoms with Crippen molar-refractivity contribution >= 4 is 5.78 Å². The van der Waals surface area contributed by atoms with Crippen LogP contribution in [0.1, 0.15) is 20.8 Å². The van der Waals surface area contributed by atoms with Gasteiger partial charge in [-0.05, 0) is 20.8 Å². The van der Waals surface area contributed by atoms with E-state index in [4.69, 9.17) is 10.8 Å². The van der Waals surface area contributed by atoms with E-state index < -0.39 is 11.6 Å². The number of ketones is 1. The van der Waals surface area contributed by atoms with Crippen molar-refractivity contribution in [1.82, 2.24) is 5.32 Å². The molecule has 0 unspecified atom stereocenters. The van der Waals surface area contributed by atoms with Gasteiger partial charge in [0.25, 0.3) is 0 Å². The lowest BCUT2D eigenvalue weighted by molar-refractivity contribution is -0.131. The maximum Gasteiger partial charge on any atom is 0.180 e. The molecule has 1 atom stereocenters. The third-order valence-corrected chi connectivity index (χ3v) is 1.71. The molecule has 0 radical (unpaired) electrons. The SMILES string of the molecule is C[C@H](O)C(=O)C(C)(C)NCCN. The number of Topliss-reactive ketones (excluding diaryl/α,β-unsaturated/α-hetero) is 1. The molecule has 0 spiro atoms. The lowest BCUT2D eigenvalue weighted by Crippen LogP contribution is -2.51. The second-order valence-corrected chi connectivity index (χ2v) is 3.38. The molecule has 0 aliphatic heterocycles. The molecule has 0 amide bonds. The van der Waals surface area contributed by atoms with Crippen molar-refractivity contribution in [2.24, 2.45) is 5.73 Å². The summed E-state index contributed by atoms with van der Waals surface area (Å²) >= 11 is 0. The maximum atomic E-state index is 11.3. The average Bonchev–Trinajstić information content (AvgIpc) is 1.99. The summed E-state index contributed by atoms with van der Waals surface area (Å²) in [6, 6.07) is 0. The van der Waals surface area contributed by atoms with Gasteiger partial charge in [0, 0.05) is 13.1 Å². The van der Waals surface area contributed by atoms with Crippen LogP contribution < -0.4 is 11.1 Å². The zero-order chi connectivity index (χ0) is 9.78. The molecule has 0 fully saturated rings. The highest BCUT2D eigenvalue weighted by Gasteiger charge is 2.29. The van der Waals surface area contributed by atoms with Gasteiger partial charge in [-0.2, -0.15) is 0 Å². The molecule has 72 valence electrons. The van der Waals surface area contributed by atoms with E-state index >= 15 is 0 Å². The van der Waals surface area contributed by atoms with Crippen molar-refractivity contribution in [3.63, 3.8) is 0 Å². The van der Waals surface area contributed by atoms with E-state index in [1.165, 1.54) is 6.92 Å². The van der Waals surface area contributed by atoms with E-state index in [0.29, 0.717) is 13.1 Å². The average molecular weight is 174 g/mol. The highest BCUT2D eigenvalue weighted by Crippen LogP contribution is 2.06. The Labute approximate surface area is 73.1 Å². The Morgan fingerprint density at radius 3 is 2.50 bits per heavy atom. The number of aliphatic hydroxyl groups is 1. The van der Waals surface area contributed by atoms with E-state index in [1.54, 1.807) is 13.8 Å². The van der Waals surface area contributed by atoms with Crippen LogP contribution in [0.3, 0.4) is 0 Å². The smallest absolute Gasteiger partial charge is 0.180 e. The zero-order valence-corrected chi connectivity index (χ0v) is 7.92. The number of hydrogen-bond acceptors (Lipinski definition) is 4. The van der Waals surface area contributed by atoms with Crippen LogP contribution in [-0.2, 0) is 4.79 Å². The molecule has 0 aromatic heterocycles. The van der Waals surface area contributed by atoms with Crippen LogP contribution in [0.15, 0.2) is 0 Å². The van der Waals surface area contributed by atoms with Crippen LogP contribution in [0.5, 0.6) is 0 Å². The number of aliphatic hydroxyl groups excluding tert-OH is 1. The fourth-order valence-corrected chi connectivity index (χ4v) is 0.994. The van der Waals surface area contributed by atoms with Crippen molar-refractivity contribution in [3.8, 4) is 0 Å². The van der Waals surface area contributed by atoms with Crippen LogP contribution in [0.4, 0.5) is 0 Å². The quantitative estimate of drug-likeness (QED) is 0.513. The predicted molar refractivity (Wildman–Crippen MR) is 47.8 cm³/mol.